The second-order valence-electron chi connectivity index (χ2n) is 9.11. The van der Waals surface area contributed by atoms with Crippen LogP contribution in [0.25, 0.3) is 10.9 Å². The molecule has 1 aliphatic heterocycles. The summed E-state index contributed by atoms with van der Waals surface area (Å²) in [6.07, 6.45) is -4.94. The minimum Gasteiger partial charge on any atom is -0.463 e. The van der Waals surface area contributed by atoms with Gasteiger partial charge in [-0.05, 0) is 40.2 Å². The molecule has 14 heteroatoms. The van der Waals surface area contributed by atoms with Crippen LogP contribution in [0.3, 0.4) is 0 Å². The maximum atomic E-state index is 13.6. The number of fused-ring (bicyclic) bond motifs is 1. The molecular formula is C27H25BrClNO10S. The average molecular weight is 671 g/mol. The van der Waals surface area contributed by atoms with E-state index in [1.807, 2.05) is 0 Å². The highest BCUT2D eigenvalue weighted by atomic mass is 79.9. The highest BCUT2D eigenvalue weighted by Gasteiger charge is 2.53. The summed E-state index contributed by atoms with van der Waals surface area (Å²) < 4.78 is 30.4. The molecule has 4 rings (SSSR count). The van der Waals surface area contributed by atoms with E-state index in [-0.39, 0.29) is 23.0 Å². The first-order valence-corrected chi connectivity index (χ1v) is 14.3. The van der Waals surface area contributed by atoms with Gasteiger partial charge >= 0.3 is 23.9 Å². The Morgan fingerprint density at radius 2 is 1.54 bits per heavy atom. The smallest absolute Gasteiger partial charge is 0.303 e. The molecule has 0 aliphatic carbocycles. The van der Waals surface area contributed by atoms with Gasteiger partial charge in [-0.25, -0.2) is 0 Å². The standard InChI is InChI=1S/C27H25BrClNO10S/c1-12(31)36-11-19-24(37-13(2)32)25(38-14(3)33)26(39-15(4)34)27(40-19)30-10-16(22-17(29)6-5-7-18(22)30)23(35)20-8-9-21(28)41-20/h5-10,19,24-27H,11H2,1-4H3/t19-,24-,25+,26-,27-/m1/s1. The van der Waals surface area contributed by atoms with Crippen LogP contribution in [0.15, 0.2) is 40.3 Å². The number of hydrogen-bond donors (Lipinski definition) is 0. The first-order chi connectivity index (χ1) is 19.4. The largest absolute Gasteiger partial charge is 0.463 e. The van der Waals surface area contributed by atoms with Crippen LogP contribution in [0.2, 0.25) is 5.02 Å². The first kappa shape index (κ1) is 30.7. The van der Waals surface area contributed by atoms with E-state index in [0.717, 1.165) is 24.6 Å². The van der Waals surface area contributed by atoms with Crippen molar-refractivity contribution in [2.24, 2.45) is 0 Å². The molecule has 1 fully saturated rings. The van der Waals surface area contributed by atoms with E-state index >= 15 is 0 Å². The second-order valence-corrected chi connectivity index (χ2v) is 12.0. The van der Waals surface area contributed by atoms with Crippen LogP contribution in [0.1, 0.15) is 49.2 Å². The summed E-state index contributed by atoms with van der Waals surface area (Å²) >= 11 is 11.2. The predicted octanol–water partition coefficient (Wildman–Crippen LogP) is 4.61. The highest BCUT2D eigenvalue weighted by Crippen LogP contribution is 2.40. The van der Waals surface area contributed by atoms with Crippen LogP contribution in [0.5, 0.6) is 0 Å². The van der Waals surface area contributed by atoms with Crippen molar-refractivity contribution >= 4 is 79.4 Å². The van der Waals surface area contributed by atoms with Gasteiger partial charge in [-0.15, -0.1) is 11.3 Å². The summed E-state index contributed by atoms with van der Waals surface area (Å²) in [6.45, 7) is 4.24. The molecule has 3 aromatic rings. The van der Waals surface area contributed by atoms with Gasteiger partial charge in [-0.3, -0.25) is 24.0 Å². The molecule has 41 heavy (non-hydrogen) atoms. The number of carbonyl (C=O) groups is 5. The number of thiophene rings is 1. The molecule has 1 aromatic carbocycles. The van der Waals surface area contributed by atoms with Gasteiger partial charge < -0.3 is 28.3 Å². The monoisotopic (exact) mass is 669 g/mol. The van der Waals surface area contributed by atoms with E-state index in [9.17, 15) is 24.0 Å². The zero-order valence-corrected chi connectivity index (χ0v) is 25.4. The molecule has 2 aromatic heterocycles. The van der Waals surface area contributed by atoms with Crippen molar-refractivity contribution in [2.45, 2.75) is 58.3 Å². The lowest BCUT2D eigenvalue weighted by atomic mass is 9.97. The van der Waals surface area contributed by atoms with Gasteiger partial charge in [0.15, 0.2) is 24.5 Å². The number of benzene rings is 1. The Bertz CT molecular complexity index is 1520. The fourth-order valence-electron chi connectivity index (χ4n) is 4.65. The molecule has 5 atom stereocenters. The topological polar surface area (TPSA) is 136 Å². The van der Waals surface area contributed by atoms with Gasteiger partial charge in [-0.2, -0.15) is 0 Å². The minimum absolute atomic E-state index is 0.243. The Hall–Kier alpha value is -3.26. The highest BCUT2D eigenvalue weighted by molar-refractivity contribution is 9.11. The zero-order valence-electron chi connectivity index (χ0n) is 22.3. The molecule has 0 saturated carbocycles. The molecule has 218 valence electrons. The summed E-state index contributed by atoms with van der Waals surface area (Å²) in [5.74, 6) is -3.18. The quantitative estimate of drug-likeness (QED) is 0.190. The SMILES string of the molecule is CC(=O)OC[C@H]1O[C@@H](n2cc(C(=O)c3ccc(Br)s3)c3c(Cl)cccc32)[C@H](OC(C)=O)[C@@H](OC(C)=O)[C@@H]1OC(C)=O. The number of hydrogen-bond acceptors (Lipinski definition) is 11. The Morgan fingerprint density at radius 1 is 0.902 bits per heavy atom. The summed E-state index contributed by atoms with van der Waals surface area (Å²) in [7, 11) is 0. The summed E-state index contributed by atoms with van der Waals surface area (Å²) in [5, 5.41) is 0.697. The van der Waals surface area contributed by atoms with Crippen LogP contribution in [-0.4, -0.2) is 65.3 Å². The van der Waals surface area contributed by atoms with E-state index < -0.39 is 54.5 Å². The maximum Gasteiger partial charge on any atom is 0.303 e. The molecular weight excluding hydrogens is 646 g/mol. The number of nitrogens with zero attached hydrogens (tertiary/aromatic N) is 1. The number of carbonyl (C=O) groups excluding carboxylic acids is 5. The lowest BCUT2D eigenvalue weighted by Crippen LogP contribution is -2.60. The van der Waals surface area contributed by atoms with Gasteiger partial charge in [0.05, 0.1) is 24.8 Å². The number of halogens is 2. The predicted molar refractivity (Wildman–Crippen MR) is 150 cm³/mol. The third-order valence-corrected chi connectivity index (χ3v) is 8.03. The van der Waals surface area contributed by atoms with Crippen LogP contribution in [0, 0.1) is 0 Å². The summed E-state index contributed by atoms with van der Waals surface area (Å²) in [4.78, 5) is 62.2. The molecule has 11 nitrogen and oxygen atoms in total. The van der Waals surface area contributed by atoms with Gasteiger partial charge in [0.1, 0.15) is 12.7 Å². The lowest BCUT2D eigenvalue weighted by Gasteiger charge is -2.44. The zero-order chi connectivity index (χ0) is 30.0. The molecule has 0 bridgehead atoms. The van der Waals surface area contributed by atoms with Crippen LogP contribution >= 0.6 is 38.9 Å². The Balaban J connectivity index is 1.91. The number of ketones is 1. The van der Waals surface area contributed by atoms with Crippen LogP contribution in [-0.2, 0) is 42.9 Å². The third kappa shape index (κ3) is 6.80. The van der Waals surface area contributed by atoms with E-state index in [1.54, 1.807) is 30.3 Å². The second kappa shape index (κ2) is 12.7. The fraction of sp³-hybridized carbons (Fsp3) is 0.370. The molecule has 1 aliphatic rings. The summed E-state index contributed by atoms with van der Waals surface area (Å²) in [5.41, 5.74) is 0.685. The third-order valence-electron chi connectivity index (χ3n) is 6.09. The van der Waals surface area contributed by atoms with Gasteiger partial charge in [-0.1, -0.05) is 17.7 Å². The summed E-state index contributed by atoms with van der Waals surface area (Å²) in [6, 6.07) is 8.41. The first-order valence-electron chi connectivity index (χ1n) is 12.3. The van der Waals surface area contributed by atoms with Crippen molar-refractivity contribution < 1.29 is 47.7 Å². The van der Waals surface area contributed by atoms with Crippen molar-refractivity contribution in [3.63, 3.8) is 0 Å². The molecule has 0 unspecified atom stereocenters. The average Bonchev–Trinajstić information content (AvgIpc) is 3.49. The van der Waals surface area contributed by atoms with Crippen LogP contribution in [0.4, 0.5) is 0 Å². The van der Waals surface area contributed by atoms with Gasteiger partial charge in [0.25, 0.3) is 0 Å². The number of esters is 4. The van der Waals surface area contributed by atoms with Crippen LogP contribution < -0.4 is 0 Å². The van der Waals surface area contributed by atoms with Gasteiger partial charge in [0.2, 0.25) is 5.78 Å². The van der Waals surface area contributed by atoms with E-state index in [0.29, 0.717) is 15.8 Å². The van der Waals surface area contributed by atoms with Crippen molar-refractivity contribution in [1.29, 1.82) is 0 Å². The van der Waals surface area contributed by atoms with Crippen molar-refractivity contribution in [3.8, 4) is 0 Å². The lowest BCUT2D eigenvalue weighted by molar-refractivity contribution is -0.267. The van der Waals surface area contributed by atoms with Crippen molar-refractivity contribution in [1.82, 2.24) is 4.57 Å². The molecule has 0 N–H and O–H groups in total. The molecule has 0 radical (unpaired) electrons. The van der Waals surface area contributed by atoms with E-state index in [4.69, 9.17) is 35.3 Å². The Labute approximate surface area is 251 Å². The Kier molecular flexibility index (Phi) is 9.52. The minimum atomic E-state index is -1.37. The van der Waals surface area contributed by atoms with E-state index in [1.165, 1.54) is 29.0 Å². The van der Waals surface area contributed by atoms with Crippen molar-refractivity contribution in [2.75, 3.05) is 6.61 Å². The molecule has 1 saturated heterocycles. The molecule has 3 heterocycles. The number of ether oxygens (including phenoxy) is 5. The maximum absolute atomic E-state index is 13.6. The fourth-order valence-corrected chi connectivity index (χ4v) is 6.26. The van der Waals surface area contributed by atoms with Crippen molar-refractivity contribution in [3.05, 3.63) is 55.8 Å². The number of aromatic nitrogens is 1. The normalized spacial score (nSPS) is 22.1. The molecule has 0 spiro atoms. The number of rotatable bonds is 8. The Morgan fingerprint density at radius 3 is 2.12 bits per heavy atom. The van der Waals surface area contributed by atoms with E-state index in [2.05, 4.69) is 15.9 Å². The van der Waals surface area contributed by atoms with Gasteiger partial charge in [0, 0.05) is 39.3 Å². The molecule has 0 amide bonds.